The van der Waals surface area contributed by atoms with E-state index in [1.165, 1.54) is 23.4 Å². The SMILES string of the molecule is COC1CCN(Cc2cnc3c(C(=O)Nc4cnccc4N4CC(NC(=O)OC(C)(C)C)C[C@@H](C(F)(F)F)C4)c(NC(=O)OC(C)(C)C)oc3c2)C1. The van der Waals surface area contributed by atoms with Gasteiger partial charge in [-0.15, -0.1) is 0 Å². The van der Waals surface area contributed by atoms with E-state index in [-0.39, 0.29) is 53.0 Å². The Bertz CT molecular complexity index is 1770. The number of fused-ring (bicyclic) bond motifs is 1. The molecule has 284 valence electrons. The van der Waals surface area contributed by atoms with Gasteiger partial charge >= 0.3 is 18.4 Å². The predicted molar refractivity (Wildman–Crippen MR) is 186 cm³/mol. The van der Waals surface area contributed by atoms with Gasteiger partial charge < -0.3 is 34.2 Å². The Morgan fingerprint density at radius 3 is 2.35 bits per heavy atom. The molecule has 17 heteroatoms. The van der Waals surface area contributed by atoms with Crippen molar-refractivity contribution < 1.29 is 46.2 Å². The molecular formula is C35H46F3N7O7. The number of ether oxygens (including phenoxy) is 3. The zero-order valence-electron chi connectivity index (χ0n) is 30.3. The van der Waals surface area contributed by atoms with Crippen molar-refractivity contribution in [2.45, 2.75) is 90.5 Å². The first-order valence-electron chi connectivity index (χ1n) is 17.0. The van der Waals surface area contributed by atoms with Crippen LogP contribution >= 0.6 is 0 Å². The summed E-state index contributed by atoms with van der Waals surface area (Å²) in [5.41, 5.74) is -0.338. The van der Waals surface area contributed by atoms with Gasteiger partial charge in [0.15, 0.2) is 5.58 Å². The molecule has 2 fully saturated rings. The Labute approximate surface area is 299 Å². The molecule has 0 aliphatic carbocycles. The summed E-state index contributed by atoms with van der Waals surface area (Å²) in [7, 11) is 1.68. The summed E-state index contributed by atoms with van der Waals surface area (Å²) in [5.74, 6) is -2.79. The topological polar surface area (TPSA) is 160 Å². The van der Waals surface area contributed by atoms with Crippen LogP contribution in [-0.4, -0.2) is 95.8 Å². The first-order chi connectivity index (χ1) is 24.3. The second-order valence-corrected chi connectivity index (χ2v) is 15.1. The van der Waals surface area contributed by atoms with Crippen LogP contribution in [0.3, 0.4) is 0 Å². The van der Waals surface area contributed by atoms with E-state index in [9.17, 15) is 27.6 Å². The van der Waals surface area contributed by atoms with E-state index in [2.05, 4.69) is 30.8 Å². The molecule has 3 aromatic heterocycles. The number of piperidine rings is 1. The van der Waals surface area contributed by atoms with Gasteiger partial charge in [0, 0.05) is 52.2 Å². The second kappa shape index (κ2) is 15.1. The maximum absolute atomic E-state index is 14.2. The lowest BCUT2D eigenvalue weighted by Gasteiger charge is -2.40. The number of nitrogens with zero attached hydrogens (tertiary/aromatic N) is 4. The third-order valence-corrected chi connectivity index (χ3v) is 8.42. The highest BCUT2D eigenvalue weighted by Gasteiger charge is 2.45. The second-order valence-electron chi connectivity index (χ2n) is 15.1. The number of anilines is 3. The number of hydrogen-bond acceptors (Lipinski definition) is 11. The Kier molecular flexibility index (Phi) is 11.2. The zero-order chi connectivity index (χ0) is 38.0. The summed E-state index contributed by atoms with van der Waals surface area (Å²) < 4.78 is 64.6. The number of halogens is 3. The van der Waals surface area contributed by atoms with Crippen LogP contribution in [0.15, 0.2) is 35.1 Å². The Balaban J connectivity index is 1.44. The van der Waals surface area contributed by atoms with Gasteiger partial charge in [-0.3, -0.25) is 25.0 Å². The quantitative estimate of drug-likeness (QED) is 0.238. The lowest BCUT2D eigenvalue weighted by atomic mass is 9.93. The zero-order valence-corrected chi connectivity index (χ0v) is 30.3. The van der Waals surface area contributed by atoms with Crippen LogP contribution in [0.4, 0.5) is 40.0 Å². The minimum absolute atomic E-state index is 0.00866. The summed E-state index contributed by atoms with van der Waals surface area (Å²) in [6.07, 6.45) is -1.29. The summed E-state index contributed by atoms with van der Waals surface area (Å²) >= 11 is 0. The van der Waals surface area contributed by atoms with Gasteiger partial charge in [0.2, 0.25) is 5.88 Å². The molecule has 3 N–H and O–H groups in total. The van der Waals surface area contributed by atoms with Gasteiger partial charge in [-0.05, 0) is 72.1 Å². The molecule has 0 aromatic carbocycles. The molecule has 0 radical (unpaired) electrons. The predicted octanol–water partition coefficient (Wildman–Crippen LogP) is 6.32. The van der Waals surface area contributed by atoms with Gasteiger partial charge in [-0.1, -0.05) is 0 Å². The molecule has 2 aliphatic heterocycles. The van der Waals surface area contributed by atoms with E-state index < -0.39 is 54.0 Å². The fraction of sp³-hybridized carbons (Fsp3) is 0.571. The fourth-order valence-corrected chi connectivity index (χ4v) is 6.25. The van der Waals surface area contributed by atoms with Gasteiger partial charge in [0.25, 0.3) is 5.91 Å². The minimum Gasteiger partial charge on any atom is -0.444 e. The summed E-state index contributed by atoms with van der Waals surface area (Å²) in [4.78, 5) is 51.7. The highest BCUT2D eigenvalue weighted by molar-refractivity contribution is 6.16. The van der Waals surface area contributed by atoms with Gasteiger partial charge in [-0.2, -0.15) is 13.2 Å². The molecule has 3 atom stereocenters. The van der Waals surface area contributed by atoms with E-state index >= 15 is 0 Å². The van der Waals surface area contributed by atoms with Crippen molar-refractivity contribution >= 4 is 46.5 Å². The number of furan rings is 1. The molecule has 2 saturated heterocycles. The van der Waals surface area contributed by atoms with E-state index in [0.717, 1.165) is 25.1 Å². The van der Waals surface area contributed by atoms with E-state index in [0.29, 0.717) is 6.54 Å². The van der Waals surface area contributed by atoms with Crippen molar-refractivity contribution in [1.82, 2.24) is 20.2 Å². The van der Waals surface area contributed by atoms with Crippen molar-refractivity contribution in [2.75, 3.05) is 48.8 Å². The molecule has 52 heavy (non-hydrogen) atoms. The molecule has 2 aliphatic rings. The van der Waals surface area contributed by atoms with Crippen LogP contribution < -0.4 is 20.9 Å². The monoisotopic (exact) mass is 733 g/mol. The number of methoxy groups -OCH3 is 1. The normalized spacial score (nSPS) is 20.1. The van der Waals surface area contributed by atoms with Gasteiger partial charge in [-0.25, -0.2) is 9.59 Å². The van der Waals surface area contributed by atoms with Crippen molar-refractivity contribution in [3.63, 3.8) is 0 Å². The molecule has 5 rings (SSSR count). The Morgan fingerprint density at radius 2 is 1.69 bits per heavy atom. The first kappa shape index (κ1) is 38.6. The lowest BCUT2D eigenvalue weighted by Crippen LogP contribution is -2.54. The Hall–Kier alpha value is -4.64. The molecule has 3 amide bonds. The summed E-state index contributed by atoms with van der Waals surface area (Å²) in [6.45, 7) is 11.7. The van der Waals surface area contributed by atoms with E-state index in [4.69, 9.17) is 18.6 Å². The highest BCUT2D eigenvalue weighted by atomic mass is 19.4. The number of nitrogens with one attached hydrogen (secondary N) is 3. The van der Waals surface area contributed by atoms with Crippen LogP contribution in [0.1, 0.15) is 70.3 Å². The van der Waals surface area contributed by atoms with Crippen molar-refractivity contribution in [2.24, 2.45) is 5.92 Å². The average molecular weight is 734 g/mol. The minimum atomic E-state index is -4.56. The number of alkyl halides is 3. The summed E-state index contributed by atoms with van der Waals surface area (Å²) in [6, 6.07) is 2.29. The molecule has 0 bridgehead atoms. The number of rotatable bonds is 8. The third-order valence-electron chi connectivity index (χ3n) is 8.42. The van der Waals surface area contributed by atoms with Crippen LogP contribution in [0, 0.1) is 5.92 Å². The van der Waals surface area contributed by atoms with Gasteiger partial charge in [0.1, 0.15) is 22.3 Å². The number of alkyl carbamates (subject to hydrolysis) is 1. The smallest absolute Gasteiger partial charge is 0.414 e. The van der Waals surface area contributed by atoms with Crippen molar-refractivity contribution in [1.29, 1.82) is 0 Å². The van der Waals surface area contributed by atoms with Crippen LogP contribution in [0.5, 0.6) is 0 Å². The number of pyridine rings is 2. The molecule has 0 spiro atoms. The standard InChI is InChI=1S/C35H46F3N7O7/c1-33(2,3)51-31(47)41-22-13-21(35(36,37)38)17-45(18-22)25-8-10-39-15-24(25)42-29(46)27-28-26(50-30(27)43-32(48)52-34(4,5)6)12-20(14-40-28)16-44-11-9-23(19-44)49-7/h8,10,12,14-15,21-23H,9,11,13,16-19H2,1-7H3,(H,41,47)(H,42,46)(H,43,48)/t21-,22?,23?/m1/s1. The largest absolute Gasteiger partial charge is 0.444 e. The average Bonchev–Trinajstić information content (AvgIpc) is 3.62. The fourth-order valence-electron chi connectivity index (χ4n) is 6.25. The summed E-state index contributed by atoms with van der Waals surface area (Å²) in [5, 5.41) is 7.82. The number of amides is 3. The number of aromatic nitrogens is 2. The maximum atomic E-state index is 14.2. The van der Waals surface area contributed by atoms with E-state index in [1.54, 1.807) is 60.9 Å². The molecule has 0 saturated carbocycles. The number of carbonyl (C=O) groups is 3. The van der Waals surface area contributed by atoms with Crippen molar-refractivity contribution in [3.8, 4) is 0 Å². The molecule has 14 nitrogen and oxygen atoms in total. The number of likely N-dealkylation sites (tertiary alicyclic amines) is 1. The third kappa shape index (κ3) is 10.0. The molecule has 2 unspecified atom stereocenters. The maximum Gasteiger partial charge on any atom is 0.414 e. The highest BCUT2D eigenvalue weighted by Crippen LogP contribution is 2.38. The van der Waals surface area contributed by atoms with E-state index in [1.807, 2.05) is 0 Å². The lowest BCUT2D eigenvalue weighted by molar-refractivity contribution is -0.177. The van der Waals surface area contributed by atoms with Crippen LogP contribution in [0.25, 0.3) is 11.1 Å². The molecule has 3 aromatic rings. The molecular weight excluding hydrogens is 687 g/mol. The molecule has 5 heterocycles. The Morgan fingerprint density at radius 1 is 0.981 bits per heavy atom. The number of carbonyl (C=O) groups excluding carboxylic acids is 3. The van der Waals surface area contributed by atoms with Crippen LogP contribution in [0.2, 0.25) is 0 Å². The number of hydrogen-bond donors (Lipinski definition) is 3. The van der Waals surface area contributed by atoms with Gasteiger partial charge in [0.05, 0.1) is 35.6 Å². The first-order valence-corrected chi connectivity index (χ1v) is 17.0. The van der Waals surface area contributed by atoms with Crippen LogP contribution in [-0.2, 0) is 20.8 Å². The van der Waals surface area contributed by atoms with Crippen molar-refractivity contribution in [3.05, 3.63) is 41.9 Å².